The van der Waals surface area contributed by atoms with Gasteiger partial charge in [0, 0.05) is 44.2 Å². The molecule has 3 aliphatic rings. The lowest BCUT2D eigenvalue weighted by Gasteiger charge is -2.37. The molecule has 0 radical (unpaired) electrons. The van der Waals surface area contributed by atoms with Crippen molar-refractivity contribution in [3.05, 3.63) is 0 Å². The third-order valence-electron chi connectivity index (χ3n) is 6.69. The largest absolute Gasteiger partial charge is 0.392 e. The number of hydrogen-bond donors (Lipinski definition) is 3. The minimum Gasteiger partial charge on any atom is -0.392 e. The molecule has 1 saturated carbocycles. The molecule has 0 aromatic carbocycles. The van der Waals surface area contributed by atoms with Gasteiger partial charge >= 0.3 is 0 Å². The molecule has 0 bridgehead atoms. The standard InChI is InChI=1S/C21H40N4O2.HI/c1-3-22-20(23-16-21(2)10-5-4-6-19(21)26)24-18-7-11-25(12-8-18)14-17-9-13-27-15-17;/h17-19,26H,3-16H2,1-2H3,(H2,22,23,24);1H. The zero-order valence-corrected chi connectivity index (χ0v) is 20.1. The smallest absolute Gasteiger partial charge is 0.191 e. The minimum absolute atomic E-state index is 0. The van der Waals surface area contributed by atoms with Crippen LogP contribution < -0.4 is 10.6 Å². The lowest BCUT2D eigenvalue weighted by Crippen LogP contribution is -2.50. The molecule has 0 spiro atoms. The SMILES string of the molecule is CCNC(=NCC1(C)CCCCC1O)NC1CCN(CC2CCOC2)CC1.I. The van der Waals surface area contributed by atoms with Gasteiger partial charge in [-0.15, -0.1) is 24.0 Å². The normalized spacial score (nSPS) is 32.8. The number of nitrogens with zero attached hydrogens (tertiary/aromatic N) is 2. The molecule has 7 heteroatoms. The van der Waals surface area contributed by atoms with E-state index in [1.54, 1.807) is 0 Å². The molecule has 3 fully saturated rings. The van der Waals surface area contributed by atoms with Crippen molar-refractivity contribution in [2.75, 3.05) is 45.9 Å². The lowest BCUT2D eigenvalue weighted by atomic mass is 9.73. The molecule has 0 aromatic heterocycles. The van der Waals surface area contributed by atoms with Gasteiger partial charge in [0.15, 0.2) is 5.96 Å². The van der Waals surface area contributed by atoms with E-state index in [-0.39, 0.29) is 35.5 Å². The summed E-state index contributed by atoms with van der Waals surface area (Å²) in [7, 11) is 0. The van der Waals surface area contributed by atoms with Crippen molar-refractivity contribution in [1.29, 1.82) is 0 Å². The summed E-state index contributed by atoms with van der Waals surface area (Å²) < 4.78 is 5.51. The summed E-state index contributed by atoms with van der Waals surface area (Å²) in [6, 6.07) is 0.489. The highest BCUT2D eigenvalue weighted by atomic mass is 127. The Kier molecular flexibility index (Phi) is 10.3. The number of likely N-dealkylation sites (tertiary alicyclic amines) is 1. The highest BCUT2D eigenvalue weighted by Gasteiger charge is 2.35. The molecule has 3 rings (SSSR count). The summed E-state index contributed by atoms with van der Waals surface area (Å²) in [5.74, 6) is 1.65. The zero-order valence-electron chi connectivity index (χ0n) is 17.8. The molecule has 1 aliphatic carbocycles. The first-order valence-electron chi connectivity index (χ1n) is 11.1. The van der Waals surface area contributed by atoms with Gasteiger partial charge < -0.3 is 25.4 Å². The van der Waals surface area contributed by atoms with Crippen LogP contribution in [0.15, 0.2) is 4.99 Å². The third-order valence-corrected chi connectivity index (χ3v) is 6.69. The average molecular weight is 508 g/mol. The third kappa shape index (κ3) is 6.99. The lowest BCUT2D eigenvalue weighted by molar-refractivity contribution is 0.00715. The number of ether oxygens (including phenoxy) is 1. The number of rotatable bonds is 6. The van der Waals surface area contributed by atoms with Crippen LogP contribution in [-0.4, -0.2) is 74.0 Å². The highest BCUT2D eigenvalue weighted by molar-refractivity contribution is 14.0. The fourth-order valence-corrected chi connectivity index (χ4v) is 4.69. The molecule has 164 valence electrons. The number of guanidine groups is 1. The molecule has 3 unspecified atom stereocenters. The second-order valence-corrected chi connectivity index (χ2v) is 9.06. The molecule has 3 atom stereocenters. The number of hydrogen-bond acceptors (Lipinski definition) is 4. The van der Waals surface area contributed by atoms with Crippen molar-refractivity contribution in [3.63, 3.8) is 0 Å². The number of aliphatic imine (C=N–C) groups is 1. The van der Waals surface area contributed by atoms with Crippen LogP contribution in [0.1, 0.15) is 58.8 Å². The van der Waals surface area contributed by atoms with E-state index in [2.05, 4.69) is 29.4 Å². The summed E-state index contributed by atoms with van der Waals surface area (Å²) in [6.45, 7) is 11.3. The van der Waals surface area contributed by atoms with Crippen molar-refractivity contribution < 1.29 is 9.84 Å². The summed E-state index contributed by atoms with van der Waals surface area (Å²) in [5.41, 5.74) is -0.0761. The Morgan fingerprint density at radius 1 is 1.21 bits per heavy atom. The van der Waals surface area contributed by atoms with Gasteiger partial charge in [-0.05, 0) is 44.9 Å². The van der Waals surface area contributed by atoms with E-state index in [4.69, 9.17) is 9.73 Å². The number of aliphatic hydroxyl groups is 1. The first kappa shape index (κ1) is 24.2. The van der Waals surface area contributed by atoms with Crippen LogP contribution in [0.3, 0.4) is 0 Å². The topological polar surface area (TPSA) is 69.1 Å². The summed E-state index contributed by atoms with van der Waals surface area (Å²) in [6.07, 6.45) is 7.67. The van der Waals surface area contributed by atoms with E-state index in [0.717, 1.165) is 76.8 Å². The van der Waals surface area contributed by atoms with E-state index in [1.165, 1.54) is 19.4 Å². The maximum Gasteiger partial charge on any atom is 0.191 e. The summed E-state index contributed by atoms with van der Waals surface area (Å²) in [4.78, 5) is 7.46. The van der Waals surface area contributed by atoms with E-state index < -0.39 is 0 Å². The van der Waals surface area contributed by atoms with Gasteiger partial charge in [0.05, 0.1) is 19.3 Å². The van der Waals surface area contributed by atoms with E-state index in [9.17, 15) is 5.11 Å². The van der Waals surface area contributed by atoms with E-state index in [0.29, 0.717) is 12.6 Å². The first-order valence-corrected chi connectivity index (χ1v) is 11.1. The number of aliphatic hydroxyl groups excluding tert-OH is 1. The number of piperidine rings is 1. The van der Waals surface area contributed by atoms with Crippen molar-refractivity contribution in [1.82, 2.24) is 15.5 Å². The average Bonchev–Trinajstić information content (AvgIpc) is 3.17. The maximum absolute atomic E-state index is 10.4. The summed E-state index contributed by atoms with van der Waals surface area (Å²) in [5, 5.41) is 17.5. The predicted molar refractivity (Wildman–Crippen MR) is 125 cm³/mol. The molecular weight excluding hydrogens is 467 g/mol. The molecule has 3 N–H and O–H groups in total. The van der Waals surface area contributed by atoms with Crippen LogP contribution in [0.5, 0.6) is 0 Å². The molecule has 6 nitrogen and oxygen atoms in total. The van der Waals surface area contributed by atoms with Crippen LogP contribution in [-0.2, 0) is 4.74 Å². The second-order valence-electron chi connectivity index (χ2n) is 9.06. The number of nitrogens with one attached hydrogen (secondary N) is 2. The van der Waals surface area contributed by atoms with Gasteiger partial charge in [-0.25, -0.2) is 0 Å². The Hall–Kier alpha value is -0.120. The van der Waals surface area contributed by atoms with Gasteiger partial charge in [0.2, 0.25) is 0 Å². The van der Waals surface area contributed by atoms with Crippen LogP contribution in [0.25, 0.3) is 0 Å². The van der Waals surface area contributed by atoms with E-state index in [1.807, 2.05) is 0 Å². The van der Waals surface area contributed by atoms with Gasteiger partial charge in [0.25, 0.3) is 0 Å². The van der Waals surface area contributed by atoms with Crippen LogP contribution in [0, 0.1) is 11.3 Å². The predicted octanol–water partition coefficient (Wildman–Crippen LogP) is 2.60. The maximum atomic E-state index is 10.4. The van der Waals surface area contributed by atoms with Crippen molar-refractivity contribution in [3.8, 4) is 0 Å². The summed E-state index contributed by atoms with van der Waals surface area (Å²) >= 11 is 0. The monoisotopic (exact) mass is 508 g/mol. The van der Waals surface area contributed by atoms with Gasteiger partial charge in [-0.3, -0.25) is 4.99 Å². The zero-order chi connectivity index (χ0) is 19.1. The Balaban J connectivity index is 0.00000280. The second kappa shape index (κ2) is 11.9. The van der Waals surface area contributed by atoms with Gasteiger partial charge in [-0.2, -0.15) is 0 Å². The van der Waals surface area contributed by atoms with Gasteiger partial charge in [-0.1, -0.05) is 19.8 Å². The van der Waals surface area contributed by atoms with E-state index >= 15 is 0 Å². The Morgan fingerprint density at radius 2 is 2.00 bits per heavy atom. The molecule has 28 heavy (non-hydrogen) atoms. The Labute approximate surface area is 188 Å². The van der Waals surface area contributed by atoms with Crippen LogP contribution >= 0.6 is 24.0 Å². The fourth-order valence-electron chi connectivity index (χ4n) is 4.69. The number of halogens is 1. The van der Waals surface area contributed by atoms with Crippen molar-refractivity contribution >= 4 is 29.9 Å². The minimum atomic E-state index is -0.222. The molecule has 0 amide bonds. The van der Waals surface area contributed by atoms with Crippen molar-refractivity contribution in [2.24, 2.45) is 16.3 Å². The molecule has 0 aromatic rings. The molecule has 2 aliphatic heterocycles. The molecule has 2 heterocycles. The Morgan fingerprint density at radius 3 is 2.64 bits per heavy atom. The van der Waals surface area contributed by atoms with Gasteiger partial charge in [0.1, 0.15) is 0 Å². The highest BCUT2D eigenvalue weighted by Crippen LogP contribution is 2.36. The Bertz CT molecular complexity index is 479. The first-order chi connectivity index (χ1) is 13.1. The van der Waals surface area contributed by atoms with Crippen LogP contribution in [0.2, 0.25) is 0 Å². The molecular formula is C21H41IN4O2. The quantitative estimate of drug-likeness (QED) is 0.293. The fraction of sp³-hybridized carbons (Fsp3) is 0.952. The molecule has 2 saturated heterocycles. The van der Waals surface area contributed by atoms with Crippen molar-refractivity contribution in [2.45, 2.75) is 70.9 Å². The van der Waals surface area contributed by atoms with Crippen LogP contribution in [0.4, 0.5) is 0 Å².